The van der Waals surface area contributed by atoms with Crippen LogP contribution in [0.3, 0.4) is 0 Å². The van der Waals surface area contributed by atoms with Crippen molar-refractivity contribution in [2.24, 2.45) is 0 Å². The van der Waals surface area contributed by atoms with Gasteiger partial charge in [-0.25, -0.2) is 0 Å². The summed E-state index contributed by atoms with van der Waals surface area (Å²) in [4.78, 5) is 24.5. The second kappa shape index (κ2) is 63.1. The maximum atomic E-state index is 12.4. The number of allylic oxidation sites excluding steroid dienone is 9. The Bertz CT molecular complexity index is 1290. The van der Waals surface area contributed by atoms with Crippen molar-refractivity contribution >= 4 is 11.9 Å². The molecule has 0 fully saturated rings. The zero-order valence-electron chi connectivity index (χ0n) is 49.3. The molecule has 0 aliphatic rings. The van der Waals surface area contributed by atoms with Gasteiger partial charge in [-0.3, -0.25) is 9.59 Å². The van der Waals surface area contributed by atoms with E-state index in [0.717, 1.165) is 57.8 Å². The summed E-state index contributed by atoms with van der Waals surface area (Å²) in [7, 11) is 0. The van der Waals surface area contributed by atoms with E-state index in [1.54, 1.807) is 6.08 Å². The smallest absolute Gasteiger partial charge is 0.305 e. The average Bonchev–Trinajstić information content (AvgIpc) is 3.40. The van der Waals surface area contributed by atoms with Crippen LogP contribution in [0.25, 0.3) is 0 Å². The second-order valence-electron chi connectivity index (χ2n) is 22.1. The number of carbonyl (C=O) groups excluding carboxylic acids is 2. The van der Waals surface area contributed by atoms with Crippen LogP contribution < -0.4 is 5.32 Å². The first kappa shape index (κ1) is 71.6. The van der Waals surface area contributed by atoms with Crippen LogP contribution in [0.4, 0.5) is 0 Å². The highest BCUT2D eigenvalue weighted by atomic mass is 16.5. The number of carbonyl (C=O) groups is 2. The largest absolute Gasteiger partial charge is 0.466 e. The molecule has 2 atom stereocenters. The third kappa shape index (κ3) is 58.8. The number of ether oxygens (including phenoxy) is 1. The fourth-order valence-corrected chi connectivity index (χ4v) is 9.75. The predicted molar refractivity (Wildman–Crippen MR) is 324 cm³/mol. The molecule has 0 spiro atoms. The monoisotopic (exact) mass is 1040 g/mol. The van der Waals surface area contributed by atoms with Gasteiger partial charge in [-0.15, -0.1) is 0 Å². The van der Waals surface area contributed by atoms with E-state index in [9.17, 15) is 19.8 Å². The molecule has 0 saturated carbocycles. The third-order valence-electron chi connectivity index (χ3n) is 14.8. The molecule has 6 nitrogen and oxygen atoms in total. The van der Waals surface area contributed by atoms with Crippen LogP contribution in [0.1, 0.15) is 335 Å². The Labute approximate surface area is 460 Å². The van der Waals surface area contributed by atoms with E-state index in [1.807, 2.05) is 6.08 Å². The van der Waals surface area contributed by atoms with Gasteiger partial charge in [0.05, 0.1) is 25.4 Å². The van der Waals surface area contributed by atoms with Gasteiger partial charge in [0, 0.05) is 12.8 Å². The second-order valence-corrected chi connectivity index (χ2v) is 22.1. The molecule has 3 N–H and O–H groups in total. The molecule has 0 rings (SSSR count). The Hall–Kier alpha value is -2.44. The van der Waals surface area contributed by atoms with Crippen molar-refractivity contribution in [2.45, 2.75) is 347 Å². The standard InChI is InChI=1S/C68H125NO5/c1-3-5-7-9-11-13-15-17-18-19-32-35-38-42-46-50-54-58-62-68(73)74-63-59-55-51-47-43-39-36-33-30-28-26-24-22-20-21-23-25-27-29-31-34-37-41-45-49-53-57-61-67(72)69-65(64-70)66(71)60-56-52-48-44-40-16-14-12-10-8-6-4-2/h13,15,18-21,24,26,56,60,65-66,70-71H,3-12,14,16-17,22-23,25,27-55,57-59,61-64H2,1-2H3,(H,69,72)/b15-13-,19-18-,21-20-,26-24-,60-56+. The number of unbranched alkanes of at least 4 members (excludes halogenated alkanes) is 41. The predicted octanol–water partition coefficient (Wildman–Crippen LogP) is 20.7. The van der Waals surface area contributed by atoms with Gasteiger partial charge in [-0.05, 0) is 96.3 Å². The summed E-state index contributed by atoms with van der Waals surface area (Å²) in [5.74, 6) is -0.0697. The number of amides is 1. The molecular formula is C68H125NO5. The van der Waals surface area contributed by atoms with Crippen LogP contribution in [0.5, 0.6) is 0 Å². The summed E-state index contributed by atoms with van der Waals surface area (Å²) >= 11 is 0. The first-order valence-electron chi connectivity index (χ1n) is 32.6. The quantitative estimate of drug-likeness (QED) is 0.0320. The van der Waals surface area contributed by atoms with Crippen LogP contribution in [-0.4, -0.2) is 47.4 Å². The Balaban J connectivity index is 3.43. The summed E-state index contributed by atoms with van der Waals surface area (Å²) in [5, 5.41) is 23.1. The van der Waals surface area contributed by atoms with Crippen LogP contribution in [-0.2, 0) is 14.3 Å². The number of hydrogen-bond acceptors (Lipinski definition) is 5. The molecule has 0 aromatic heterocycles. The van der Waals surface area contributed by atoms with Crippen LogP contribution in [0.2, 0.25) is 0 Å². The normalized spacial score (nSPS) is 13.0. The minimum Gasteiger partial charge on any atom is -0.466 e. The van der Waals surface area contributed by atoms with Gasteiger partial charge in [-0.1, -0.05) is 286 Å². The van der Waals surface area contributed by atoms with Gasteiger partial charge in [0.1, 0.15) is 0 Å². The zero-order chi connectivity index (χ0) is 53.6. The van der Waals surface area contributed by atoms with Gasteiger partial charge in [0.15, 0.2) is 0 Å². The van der Waals surface area contributed by atoms with E-state index in [-0.39, 0.29) is 18.5 Å². The molecule has 0 aliphatic carbocycles. The lowest BCUT2D eigenvalue weighted by atomic mass is 10.0. The fraction of sp³-hybridized carbons (Fsp3) is 0.824. The Morgan fingerprint density at radius 3 is 1.04 bits per heavy atom. The highest BCUT2D eigenvalue weighted by Gasteiger charge is 2.18. The molecule has 0 saturated heterocycles. The Kier molecular flexibility index (Phi) is 61.0. The van der Waals surface area contributed by atoms with Crippen molar-refractivity contribution < 1.29 is 24.5 Å². The van der Waals surface area contributed by atoms with Crippen molar-refractivity contribution in [1.29, 1.82) is 0 Å². The lowest BCUT2D eigenvalue weighted by Gasteiger charge is -2.20. The number of aliphatic hydroxyl groups is 2. The summed E-state index contributed by atoms with van der Waals surface area (Å²) in [6.45, 7) is 4.88. The van der Waals surface area contributed by atoms with E-state index in [0.29, 0.717) is 19.4 Å². The summed E-state index contributed by atoms with van der Waals surface area (Å²) in [5.41, 5.74) is 0. The van der Waals surface area contributed by atoms with E-state index < -0.39 is 12.1 Å². The molecule has 0 aromatic carbocycles. The topological polar surface area (TPSA) is 95.9 Å². The van der Waals surface area contributed by atoms with Crippen LogP contribution in [0.15, 0.2) is 60.8 Å². The van der Waals surface area contributed by atoms with Crippen molar-refractivity contribution in [2.75, 3.05) is 13.2 Å². The molecular weight excluding hydrogens is 911 g/mol. The lowest BCUT2D eigenvalue weighted by molar-refractivity contribution is -0.143. The molecule has 1 amide bonds. The van der Waals surface area contributed by atoms with Crippen LogP contribution in [0, 0.1) is 0 Å². The highest BCUT2D eigenvalue weighted by Crippen LogP contribution is 2.16. The minimum atomic E-state index is -0.846. The first-order chi connectivity index (χ1) is 36.5. The van der Waals surface area contributed by atoms with Gasteiger partial charge in [-0.2, -0.15) is 0 Å². The number of esters is 1. The molecule has 6 heteroatoms. The maximum absolute atomic E-state index is 12.4. The van der Waals surface area contributed by atoms with Crippen molar-refractivity contribution in [3.63, 3.8) is 0 Å². The molecule has 432 valence electrons. The van der Waals surface area contributed by atoms with Crippen molar-refractivity contribution in [3.8, 4) is 0 Å². The van der Waals surface area contributed by atoms with Gasteiger partial charge in [0.25, 0.3) is 0 Å². The van der Waals surface area contributed by atoms with Crippen molar-refractivity contribution in [3.05, 3.63) is 60.8 Å². The van der Waals surface area contributed by atoms with Gasteiger partial charge >= 0.3 is 5.97 Å². The number of nitrogens with one attached hydrogen (secondary N) is 1. The molecule has 0 aromatic rings. The van der Waals surface area contributed by atoms with Crippen LogP contribution >= 0.6 is 0 Å². The highest BCUT2D eigenvalue weighted by molar-refractivity contribution is 5.76. The Morgan fingerprint density at radius 2 is 0.676 bits per heavy atom. The van der Waals surface area contributed by atoms with Gasteiger partial charge in [0.2, 0.25) is 5.91 Å². The van der Waals surface area contributed by atoms with E-state index >= 15 is 0 Å². The fourth-order valence-electron chi connectivity index (χ4n) is 9.75. The molecule has 0 aliphatic heterocycles. The lowest BCUT2D eigenvalue weighted by Crippen LogP contribution is -2.45. The maximum Gasteiger partial charge on any atom is 0.305 e. The van der Waals surface area contributed by atoms with Crippen molar-refractivity contribution in [1.82, 2.24) is 5.32 Å². The Morgan fingerprint density at radius 1 is 0.378 bits per heavy atom. The van der Waals surface area contributed by atoms with E-state index in [1.165, 1.54) is 250 Å². The number of rotatable bonds is 60. The number of aliphatic hydroxyl groups excluding tert-OH is 2. The van der Waals surface area contributed by atoms with E-state index in [4.69, 9.17) is 4.74 Å². The first-order valence-corrected chi connectivity index (χ1v) is 32.6. The summed E-state index contributed by atoms with van der Waals surface area (Å²) < 4.78 is 5.49. The van der Waals surface area contributed by atoms with Gasteiger partial charge < -0.3 is 20.3 Å². The molecule has 0 bridgehead atoms. The molecule has 0 radical (unpaired) electrons. The summed E-state index contributed by atoms with van der Waals surface area (Å²) in [6.07, 6.45) is 82.7. The average molecular weight is 1040 g/mol. The minimum absolute atomic E-state index is 0.00243. The molecule has 0 heterocycles. The zero-order valence-corrected chi connectivity index (χ0v) is 49.3. The third-order valence-corrected chi connectivity index (χ3v) is 14.8. The molecule has 2 unspecified atom stereocenters. The summed E-state index contributed by atoms with van der Waals surface area (Å²) in [6, 6.07) is -0.630. The SMILES string of the molecule is CCCCCC/C=C\C/C=C\CCCCCCCCCC(=O)OCCCCCCCCCCC/C=C\C/C=C\CCCCCCCCCCCCCC(=O)NC(CO)C(O)/C=C/CCCCCCCCCCCC. The number of hydrogen-bond donors (Lipinski definition) is 3. The van der Waals surface area contributed by atoms with E-state index in [2.05, 4.69) is 67.8 Å². The molecule has 74 heavy (non-hydrogen) atoms.